The van der Waals surface area contributed by atoms with Crippen LogP contribution in [0.2, 0.25) is 0 Å². The van der Waals surface area contributed by atoms with Crippen LogP contribution in [0.15, 0.2) is 30.3 Å². The fourth-order valence-corrected chi connectivity index (χ4v) is 4.09. The molecule has 4 unspecified atom stereocenters. The average Bonchev–Trinajstić information content (AvgIpc) is 2.92. The van der Waals surface area contributed by atoms with Crippen LogP contribution in [-0.4, -0.2) is 16.6 Å². The molecule has 102 valence electrons. The maximum Gasteiger partial charge on any atom is 0.314 e. The second-order valence-corrected chi connectivity index (χ2v) is 6.02. The lowest BCUT2D eigenvalue weighted by Crippen LogP contribution is -2.58. The van der Waals surface area contributed by atoms with Gasteiger partial charge in [-0.1, -0.05) is 30.3 Å². The van der Waals surface area contributed by atoms with E-state index >= 15 is 0 Å². The van der Waals surface area contributed by atoms with Crippen LogP contribution in [0.1, 0.15) is 37.4 Å². The van der Waals surface area contributed by atoms with Crippen molar-refractivity contribution in [3.8, 4) is 0 Å². The molecule has 0 spiro atoms. The zero-order chi connectivity index (χ0) is 13.7. The van der Waals surface area contributed by atoms with Gasteiger partial charge in [-0.05, 0) is 37.2 Å². The van der Waals surface area contributed by atoms with Gasteiger partial charge in [-0.25, -0.2) is 4.39 Å². The first kappa shape index (κ1) is 12.6. The van der Waals surface area contributed by atoms with Crippen LogP contribution in [-0.2, 0) is 4.79 Å². The first-order valence-electron chi connectivity index (χ1n) is 6.71. The summed E-state index contributed by atoms with van der Waals surface area (Å²) in [7, 11) is 0. The van der Waals surface area contributed by atoms with E-state index in [1.165, 1.54) is 0 Å². The molecule has 2 fully saturated rings. The number of benzene rings is 1. The van der Waals surface area contributed by atoms with Gasteiger partial charge in [0.2, 0.25) is 0 Å². The summed E-state index contributed by atoms with van der Waals surface area (Å²) < 4.78 is 15.0. The Labute approximate surface area is 111 Å². The van der Waals surface area contributed by atoms with Crippen molar-refractivity contribution in [2.75, 3.05) is 0 Å². The highest BCUT2D eigenvalue weighted by Gasteiger charge is 2.68. The zero-order valence-electron chi connectivity index (χ0n) is 10.7. The number of carboxylic acid groups (broad SMARTS) is 1. The maximum absolute atomic E-state index is 15.0. The van der Waals surface area contributed by atoms with Gasteiger partial charge in [-0.2, -0.15) is 0 Å². The molecule has 0 radical (unpaired) electrons. The number of fused-ring (bicyclic) bond motifs is 2. The van der Waals surface area contributed by atoms with E-state index in [-0.39, 0.29) is 5.92 Å². The minimum atomic E-state index is -1.54. The lowest BCUT2D eigenvalue weighted by atomic mass is 9.64. The van der Waals surface area contributed by atoms with Crippen LogP contribution < -0.4 is 5.73 Å². The SMILES string of the molecule is NC12CCC(C1)CC2(C(=O)O)C(F)c1ccccc1. The smallest absolute Gasteiger partial charge is 0.314 e. The van der Waals surface area contributed by atoms with Gasteiger partial charge in [0.05, 0.1) is 0 Å². The van der Waals surface area contributed by atoms with E-state index < -0.39 is 23.1 Å². The van der Waals surface area contributed by atoms with E-state index in [9.17, 15) is 14.3 Å². The van der Waals surface area contributed by atoms with Gasteiger partial charge < -0.3 is 10.8 Å². The largest absolute Gasteiger partial charge is 0.481 e. The predicted molar refractivity (Wildman–Crippen MR) is 69.2 cm³/mol. The summed E-state index contributed by atoms with van der Waals surface area (Å²) in [6.45, 7) is 0. The van der Waals surface area contributed by atoms with Crippen LogP contribution >= 0.6 is 0 Å². The average molecular weight is 263 g/mol. The Hall–Kier alpha value is -1.42. The number of aliphatic carboxylic acids is 1. The van der Waals surface area contributed by atoms with Crippen molar-refractivity contribution in [3.05, 3.63) is 35.9 Å². The van der Waals surface area contributed by atoms with Crippen LogP contribution in [0.4, 0.5) is 4.39 Å². The number of hydrogen-bond acceptors (Lipinski definition) is 2. The van der Waals surface area contributed by atoms with Gasteiger partial charge in [-0.15, -0.1) is 0 Å². The summed E-state index contributed by atoms with van der Waals surface area (Å²) in [5.41, 5.74) is 4.35. The topological polar surface area (TPSA) is 63.3 Å². The minimum absolute atomic E-state index is 0.253. The van der Waals surface area contributed by atoms with Crippen LogP contribution in [0.5, 0.6) is 0 Å². The van der Waals surface area contributed by atoms with E-state index in [1.807, 2.05) is 0 Å². The predicted octanol–water partition coefficient (Wildman–Crippen LogP) is 2.67. The zero-order valence-corrected chi connectivity index (χ0v) is 10.7. The van der Waals surface area contributed by atoms with Gasteiger partial charge >= 0.3 is 5.97 Å². The standard InChI is InChI=1S/C15H18FNO2/c16-12(11-4-2-1-3-5-11)15(13(18)19)9-10-6-7-14(15,17)8-10/h1-5,10,12H,6-9,17H2,(H,18,19). The Morgan fingerprint density at radius 2 is 2.05 bits per heavy atom. The molecule has 0 aliphatic heterocycles. The summed E-state index contributed by atoms with van der Waals surface area (Å²) in [5.74, 6) is -0.836. The lowest BCUT2D eigenvalue weighted by molar-refractivity contribution is -0.160. The van der Waals surface area contributed by atoms with Crippen LogP contribution in [0.25, 0.3) is 0 Å². The molecule has 2 bridgehead atoms. The molecule has 3 nitrogen and oxygen atoms in total. The Balaban J connectivity index is 2.06. The van der Waals surface area contributed by atoms with E-state index in [0.717, 1.165) is 6.42 Å². The Kier molecular flexibility index (Phi) is 2.68. The number of carboxylic acids is 1. The molecule has 2 saturated carbocycles. The molecule has 1 aromatic rings. The van der Waals surface area contributed by atoms with E-state index in [2.05, 4.69) is 0 Å². The van der Waals surface area contributed by atoms with Crippen molar-refractivity contribution in [2.45, 2.75) is 37.4 Å². The van der Waals surface area contributed by atoms with E-state index in [0.29, 0.717) is 24.8 Å². The van der Waals surface area contributed by atoms with Gasteiger partial charge in [0, 0.05) is 5.54 Å². The lowest BCUT2D eigenvalue weighted by Gasteiger charge is -2.43. The molecule has 1 aromatic carbocycles. The quantitative estimate of drug-likeness (QED) is 0.881. The van der Waals surface area contributed by atoms with Crippen LogP contribution in [0.3, 0.4) is 0 Å². The maximum atomic E-state index is 15.0. The third-order valence-electron chi connectivity index (χ3n) is 5.06. The summed E-state index contributed by atoms with van der Waals surface area (Å²) >= 11 is 0. The molecule has 0 heterocycles. The van der Waals surface area contributed by atoms with Gasteiger partial charge in [0.25, 0.3) is 0 Å². The fourth-order valence-electron chi connectivity index (χ4n) is 4.09. The van der Waals surface area contributed by atoms with Gasteiger partial charge in [0.1, 0.15) is 11.6 Å². The molecule has 0 amide bonds. The molecule has 4 atom stereocenters. The third kappa shape index (κ3) is 1.56. The van der Waals surface area contributed by atoms with Crippen molar-refractivity contribution in [2.24, 2.45) is 17.1 Å². The Morgan fingerprint density at radius 1 is 1.37 bits per heavy atom. The molecular weight excluding hydrogens is 245 g/mol. The van der Waals surface area contributed by atoms with Gasteiger partial charge in [0.15, 0.2) is 0 Å². The van der Waals surface area contributed by atoms with Crippen molar-refractivity contribution in [1.29, 1.82) is 0 Å². The molecule has 0 saturated heterocycles. The molecule has 3 N–H and O–H groups in total. The number of nitrogens with two attached hydrogens (primary N) is 1. The minimum Gasteiger partial charge on any atom is -0.481 e. The monoisotopic (exact) mass is 263 g/mol. The number of carbonyl (C=O) groups is 1. The van der Waals surface area contributed by atoms with E-state index in [1.54, 1.807) is 30.3 Å². The van der Waals surface area contributed by atoms with Gasteiger partial charge in [-0.3, -0.25) is 4.79 Å². The molecule has 19 heavy (non-hydrogen) atoms. The molecule has 3 rings (SSSR count). The molecule has 4 heteroatoms. The summed E-state index contributed by atoms with van der Waals surface area (Å²) in [4.78, 5) is 11.8. The van der Waals surface area contributed by atoms with Crippen molar-refractivity contribution >= 4 is 5.97 Å². The highest BCUT2D eigenvalue weighted by molar-refractivity contribution is 5.79. The Morgan fingerprint density at radius 3 is 2.53 bits per heavy atom. The second-order valence-electron chi connectivity index (χ2n) is 6.02. The molecule has 0 aromatic heterocycles. The first-order chi connectivity index (χ1) is 8.99. The number of rotatable bonds is 3. The number of hydrogen-bond donors (Lipinski definition) is 2. The summed E-state index contributed by atoms with van der Waals surface area (Å²) in [6, 6.07) is 8.54. The van der Waals surface area contributed by atoms with Crippen molar-refractivity contribution in [3.63, 3.8) is 0 Å². The normalized spacial score (nSPS) is 38.3. The van der Waals surface area contributed by atoms with Crippen molar-refractivity contribution < 1.29 is 14.3 Å². The second kappa shape index (κ2) is 4.04. The third-order valence-corrected chi connectivity index (χ3v) is 5.06. The van der Waals surface area contributed by atoms with Crippen LogP contribution in [0, 0.1) is 11.3 Å². The molecular formula is C15H18FNO2. The molecule has 2 aliphatic rings. The highest BCUT2D eigenvalue weighted by Crippen LogP contribution is 2.63. The first-order valence-corrected chi connectivity index (χ1v) is 6.71. The summed E-state index contributed by atoms with van der Waals surface area (Å²) in [5, 5.41) is 9.66. The fraction of sp³-hybridized carbons (Fsp3) is 0.533. The van der Waals surface area contributed by atoms with Crippen molar-refractivity contribution in [1.82, 2.24) is 0 Å². The highest BCUT2D eigenvalue weighted by atomic mass is 19.1. The molecule has 2 aliphatic carbocycles. The number of alkyl halides is 1. The summed E-state index contributed by atoms with van der Waals surface area (Å²) in [6.07, 6.45) is 0.979. The van der Waals surface area contributed by atoms with E-state index in [4.69, 9.17) is 5.73 Å². The Bertz CT molecular complexity index is 506. The number of halogens is 1.